The van der Waals surface area contributed by atoms with Crippen LogP contribution in [0.5, 0.6) is 11.5 Å². The molecule has 0 fully saturated rings. The number of hydrogen-bond donors (Lipinski definition) is 2. The fourth-order valence-corrected chi connectivity index (χ4v) is 1.71. The Morgan fingerprint density at radius 2 is 1.93 bits per heavy atom. The summed E-state index contributed by atoms with van der Waals surface area (Å²) in [5, 5.41) is 10.7. The van der Waals surface area contributed by atoms with Crippen molar-refractivity contribution in [1.82, 2.24) is 0 Å². The molecule has 1 N–H and O–H groups in total. The first-order chi connectivity index (χ1) is 7.16. The molecule has 0 saturated carbocycles. The van der Waals surface area contributed by atoms with Gasteiger partial charge >= 0.3 is 0 Å². The zero-order chi connectivity index (χ0) is 10.8. The molecular formula is C10H8O4S. The predicted octanol–water partition coefficient (Wildman–Crippen LogP) is 1.45. The zero-order valence-corrected chi connectivity index (χ0v) is 8.48. The van der Waals surface area contributed by atoms with Gasteiger partial charge in [0.05, 0.1) is 0 Å². The van der Waals surface area contributed by atoms with Crippen molar-refractivity contribution >= 4 is 21.8 Å². The van der Waals surface area contributed by atoms with Gasteiger partial charge in [-0.2, -0.15) is 8.42 Å². The standard InChI is InChI=1S/C10H8O4S/c11-8-5-4-7-2-1-3-10(9(7)6-8)14-15(12)13/h1-6,11,15H. The lowest BCUT2D eigenvalue weighted by molar-refractivity contribution is 0.475. The van der Waals surface area contributed by atoms with Crippen molar-refractivity contribution in [3.63, 3.8) is 0 Å². The van der Waals surface area contributed by atoms with Crippen LogP contribution in [0.1, 0.15) is 0 Å². The smallest absolute Gasteiger partial charge is 0.299 e. The first-order valence-corrected chi connectivity index (χ1v) is 5.30. The van der Waals surface area contributed by atoms with E-state index in [1.807, 2.05) is 0 Å². The summed E-state index contributed by atoms with van der Waals surface area (Å²) >= 11 is 0. The van der Waals surface area contributed by atoms with Crippen LogP contribution in [0.2, 0.25) is 0 Å². The fourth-order valence-electron chi connectivity index (χ4n) is 1.39. The van der Waals surface area contributed by atoms with Crippen LogP contribution in [-0.2, 0) is 11.0 Å². The highest BCUT2D eigenvalue weighted by Gasteiger charge is 2.03. The Kier molecular flexibility index (Phi) is 2.47. The van der Waals surface area contributed by atoms with Gasteiger partial charge < -0.3 is 9.29 Å². The number of aromatic hydroxyl groups is 1. The summed E-state index contributed by atoms with van der Waals surface area (Å²) < 4.78 is 25.5. The summed E-state index contributed by atoms with van der Waals surface area (Å²) in [4.78, 5) is 0. The molecule has 0 aliphatic heterocycles. The minimum Gasteiger partial charge on any atom is -0.508 e. The van der Waals surface area contributed by atoms with Crippen molar-refractivity contribution in [1.29, 1.82) is 0 Å². The maximum absolute atomic E-state index is 10.4. The fraction of sp³-hybridized carbons (Fsp3) is 0. The second-order valence-corrected chi connectivity index (χ2v) is 3.61. The second-order valence-electron chi connectivity index (χ2n) is 2.98. The van der Waals surface area contributed by atoms with Gasteiger partial charge in [0.25, 0.3) is 11.0 Å². The number of hydrogen-bond acceptors (Lipinski definition) is 4. The maximum Gasteiger partial charge on any atom is 0.299 e. The van der Waals surface area contributed by atoms with E-state index in [0.29, 0.717) is 5.39 Å². The minimum absolute atomic E-state index is 0.0691. The molecule has 2 aromatic carbocycles. The molecule has 0 amide bonds. The van der Waals surface area contributed by atoms with Crippen molar-refractivity contribution < 1.29 is 17.7 Å². The summed E-state index contributed by atoms with van der Waals surface area (Å²) in [6, 6.07) is 9.71. The van der Waals surface area contributed by atoms with Gasteiger partial charge in [0.15, 0.2) is 0 Å². The van der Waals surface area contributed by atoms with E-state index in [-0.39, 0.29) is 11.5 Å². The summed E-state index contributed by atoms with van der Waals surface area (Å²) in [6.07, 6.45) is 0. The zero-order valence-electron chi connectivity index (χ0n) is 7.58. The van der Waals surface area contributed by atoms with Gasteiger partial charge in [-0.05, 0) is 23.6 Å². The number of fused-ring (bicyclic) bond motifs is 1. The molecule has 0 saturated heterocycles. The number of benzene rings is 2. The third-order valence-corrected chi connectivity index (χ3v) is 2.34. The van der Waals surface area contributed by atoms with Crippen LogP contribution >= 0.6 is 0 Å². The summed E-state index contributed by atoms with van der Waals surface area (Å²) in [6.45, 7) is 0. The van der Waals surface area contributed by atoms with Crippen LogP contribution in [0.15, 0.2) is 36.4 Å². The molecule has 78 valence electrons. The van der Waals surface area contributed by atoms with Crippen molar-refractivity contribution in [3.05, 3.63) is 36.4 Å². The Morgan fingerprint density at radius 3 is 2.67 bits per heavy atom. The Balaban J connectivity index is 2.68. The molecule has 0 spiro atoms. The third kappa shape index (κ3) is 2.02. The van der Waals surface area contributed by atoms with E-state index in [4.69, 9.17) is 0 Å². The van der Waals surface area contributed by atoms with Gasteiger partial charge in [-0.25, -0.2) is 0 Å². The lowest BCUT2D eigenvalue weighted by Crippen LogP contribution is -1.90. The highest BCUT2D eigenvalue weighted by atomic mass is 32.2. The van der Waals surface area contributed by atoms with Gasteiger partial charge in [-0.1, -0.05) is 18.2 Å². The molecule has 0 bridgehead atoms. The van der Waals surface area contributed by atoms with Crippen LogP contribution in [0, 0.1) is 0 Å². The lowest BCUT2D eigenvalue weighted by atomic mass is 10.1. The van der Waals surface area contributed by atoms with Gasteiger partial charge in [0, 0.05) is 5.39 Å². The Bertz CT molecular complexity index is 567. The topological polar surface area (TPSA) is 63.6 Å². The highest BCUT2D eigenvalue weighted by molar-refractivity contribution is 7.67. The van der Waals surface area contributed by atoms with Crippen molar-refractivity contribution in [2.24, 2.45) is 0 Å². The van der Waals surface area contributed by atoms with Crippen LogP contribution in [0.3, 0.4) is 0 Å². The molecular weight excluding hydrogens is 216 g/mol. The van der Waals surface area contributed by atoms with E-state index in [1.54, 1.807) is 18.2 Å². The lowest BCUT2D eigenvalue weighted by Gasteiger charge is -2.03. The minimum atomic E-state index is -2.94. The molecule has 0 unspecified atom stereocenters. The molecule has 15 heavy (non-hydrogen) atoms. The number of phenolic OH excluding ortho intramolecular Hbond substituents is 1. The summed E-state index contributed by atoms with van der Waals surface area (Å²) in [7, 11) is -2.94. The van der Waals surface area contributed by atoms with Crippen molar-refractivity contribution in [3.8, 4) is 11.5 Å². The van der Waals surface area contributed by atoms with Gasteiger partial charge in [0.2, 0.25) is 0 Å². The van der Waals surface area contributed by atoms with Gasteiger partial charge in [0.1, 0.15) is 11.5 Å². The maximum atomic E-state index is 10.4. The van der Waals surface area contributed by atoms with Crippen molar-refractivity contribution in [2.75, 3.05) is 0 Å². The number of phenols is 1. The first kappa shape index (κ1) is 9.79. The Hall–Kier alpha value is -1.75. The predicted molar refractivity (Wildman–Crippen MR) is 56.6 cm³/mol. The number of rotatable bonds is 2. The van der Waals surface area contributed by atoms with E-state index < -0.39 is 11.0 Å². The average Bonchev–Trinajstić information content (AvgIpc) is 2.18. The largest absolute Gasteiger partial charge is 0.508 e. The van der Waals surface area contributed by atoms with E-state index in [2.05, 4.69) is 4.18 Å². The molecule has 0 aliphatic carbocycles. The van der Waals surface area contributed by atoms with Crippen LogP contribution in [0.25, 0.3) is 10.8 Å². The van der Waals surface area contributed by atoms with E-state index >= 15 is 0 Å². The van der Waals surface area contributed by atoms with Crippen LogP contribution in [0.4, 0.5) is 0 Å². The molecule has 0 radical (unpaired) electrons. The molecule has 0 aromatic heterocycles. The quantitative estimate of drug-likeness (QED) is 0.758. The number of thiol groups is 1. The van der Waals surface area contributed by atoms with Gasteiger partial charge in [-0.3, -0.25) is 0 Å². The average molecular weight is 224 g/mol. The monoisotopic (exact) mass is 224 g/mol. The SMILES string of the molecule is O=[SH](=O)Oc1cccc2ccc(O)cc12. The summed E-state index contributed by atoms with van der Waals surface area (Å²) in [5.41, 5.74) is 0. The normalized spacial score (nSPS) is 10.7. The second kappa shape index (κ2) is 3.78. The Labute approximate surface area is 87.9 Å². The molecule has 0 aliphatic rings. The molecule has 0 heterocycles. The highest BCUT2D eigenvalue weighted by Crippen LogP contribution is 2.28. The molecule has 2 aromatic rings. The molecule has 4 nitrogen and oxygen atoms in total. The Morgan fingerprint density at radius 1 is 1.13 bits per heavy atom. The van der Waals surface area contributed by atoms with Crippen molar-refractivity contribution in [2.45, 2.75) is 0 Å². The first-order valence-electron chi connectivity index (χ1n) is 4.21. The molecule has 0 atom stereocenters. The molecule has 5 heteroatoms. The van der Waals surface area contributed by atoms with Crippen LogP contribution < -0.4 is 4.18 Å². The summed E-state index contributed by atoms with van der Waals surface area (Å²) in [5.74, 6) is 0.291. The van der Waals surface area contributed by atoms with E-state index in [1.165, 1.54) is 18.2 Å². The van der Waals surface area contributed by atoms with E-state index in [0.717, 1.165) is 5.39 Å². The third-order valence-electron chi connectivity index (χ3n) is 2.00. The van der Waals surface area contributed by atoms with Crippen LogP contribution in [-0.4, -0.2) is 13.5 Å². The van der Waals surface area contributed by atoms with Gasteiger partial charge in [-0.15, -0.1) is 0 Å². The molecule has 2 rings (SSSR count). The van der Waals surface area contributed by atoms with E-state index in [9.17, 15) is 13.5 Å².